The maximum Gasteiger partial charge on any atom is 0.435 e. The fourth-order valence-electron chi connectivity index (χ4n) is 3.28. The van der Waals surface area contributed by atoms with Gasteiger partial charge in [0.1, 0.15) is 6.33 Å². The number of rotatable bonds is 6. The van der Waals surface area contributed by atoms with E-state index in [0.717, 1.165) is 11.0 Å². The number of halogens is 3. The summed E-state index contributed by atoms with van der Waals surface area (Å²) < 4.78 is 44.7. The van der Waals surface area contributed by atoms with Gasteiger partial charge < -0.3 is 15.0 Å². The zero-order chi connectivity index (χ0) is 22.8. The van der Waals surface area contributed by atoms with E-state index >= 15 is 0 Å². The van der Waals surface area contributed by atoms with Crippen LogP contribution < -0.4 is 15.0 Å². The summed E-state index contributed by atoms with van der Waals surface area (Å²) in [6.45, 7) is 3.01. The third-order valence-corrected chi connectivity index (χ3v) is 4.80. The van der Waals surface area contributed by atoms with Crippen molar-refractivity contribution in [3.63, 3.8) is 0 Å². The van der Waals surface area contributed by atoms with Gasteiger partial charge in [-0.05, 0) is 19.8 Å². The number of carbonyl (C=O) groups is 1. The van der Waals surface area contributed by atoms with Crippen LogP contribution in [0.5, 0.6) is 11.8 Å². The Morgan fingerprint density at radius 2 is 2.03 bits per heavy atom. The number of carbonyl (C=O) groups excluding carboxylic acids is 1. The maximum atomic E-state index is 12.9. The number of amides is 1. The highest BCUT2D eigenvalue weighted by molar-refractivity contribution is 5.79. The average Bonchev–Trinajstić information content (AvgIpc) is 3.09. The van der Waals surface area contributed by atoms with Crippen molar-refractivity contribution in [3.05, 3.63) is 28.2 Å². The van der Waals surface area contributed by atoms with Crippen LogP contribution in [0.2, 0.25) is 0 Å². The molecule has 1 amide bonds. The molecule has 0 atom stereocenters. The summed E-state index contributed by atoms with van der Waals surface area (Å²) in [5, 5.41) is 17.8. The van der Waals surface area contributed by atoms with Gasteiger partial charge in [-0.25, -0.2) is 9.67 Å². The number of hydrogen-bond donors (Lipinski definition) is 1. The van der Waals surface area contributed by atoms with E-state index in [1.165, 1.54) is 7.05 Å². The third-order valence-electron chi connectivity index (χ3n) is 4.80. The van der Waals surface area contributed by atoms with E-state index in [2.05, 4.69) is 20.4 Å². The summed E-state index contributed by atoms with van der Waals surface area (Å²) in [6.07, 6.45) is -2.72. The van der Waals surface area contributed by atoms with E-state index in [1.54, 1.807) is 4.90 Å². The Bertz CT molecular complexity index is 971. The number of nitro groups is 1. The lowest BCUT2D eigenvalue weighted by Gasteiger charge is -2.31. The molecule has 2 aromatic heterocycles. The van der Waals surface area contributed by atoms with Crippen LogP contribution in [0.25, 0.3) is 0 Å². The second-order valence-electron chi connectivity index (χ2n) is 6.86. The molecule has 1 fully saturated rings. The second-order valence-corrected chi connectivity index (χ2v) is 6.86. The fraction of sp³-hybridized carbons (Fsp3) is 0.529. The van der Waals surface area contributed by atoms with E-state index < -0.39 is 28.4 Å². The van der Waals surface area contributed by atoms with Gasteiger partial charge in [0, 0.05) is 38.7 Å². The van der Waals surface area contributed by atoms with Crippen LogP contribution in [0.15, 0.2) is 12.4 Å². The van der Waals surface area contributed by atoms with Gasteiger partial charge in [-0.15, -0.1) is 0 Å². The maximum absolute atomic E-state index is 12.9. The molecule has 2 aromatic rings. The summed E-state index contributed by atoms with van der Waals surface area (Å²) in [6, 6.07) is 0.628. The number of piperidine rings is 1. The quantitative estimate of drug-likeness (QED) is 0.532. The van der Waals surface area contributed by atoms with Crippen LogP contribution in [-0.4, -0.2) is 50.2 Å². The third kappa shape index (κ3) is 4.83. The highest BCUT2D eigenvalue weighted by atomic mass is 19.4. The SMILES string of the molecule is CCNC(=O)C1CCN(c2ncnc(Oc3cc(C(F)(F)F)nn3C)c2[N+](=O)[O-])CC1. The predicted molar refractivity (Wildman–Crippen MR) is 101 cm³/mol. The monoisotopic (exact) mass is 443 g/mol. The lowest BCUT2D eigenvalue weighted by Crippen LogP contribution is -2.41. The van der Waals surface area contributed by atoms with Crippen LogP contribution in [0.3, 0.4) is 0 Å². The molecule has 0 unspecified atom stereocenters. The van der Waals surface area contributed by atoms with Gasteiger partial charge in [0.25, 0.3) is 0 Å². The molecule has 1 aliphatic rings. The first-order chi connectivity index (χ1) is 14.6. The summed E-state index contributed by atoms with van der Waals surface area (Å²) in [5.74, 6) is -1.17. The second kappa shape index (κ2) is 8.73. The van der Waals surface area contributed by atoms with Crippen molar-refractivity contribution in [2.75, 3.05) is 24.5 Å². The van der Waals surface area contributed by atoms with Gasteiger partial charge in [0.2, 0.25) is 17.6 Å². The minimum Gasteiger partial charge on any atom is -0.415 e. The molecule has 0 bridgehead atoms. The highest BCUT2D eigenvalue weighted by Gasteiger charge is 2.36. The van der Waals surface area contributed by atoms with Crippen molar-refractivity contribution < 1.29 is 27.6 Å². The van der Waals surface area contributed by atoms with Crippen molar-refractivity contribution in [3.8, 4) is 11.8 Å². The largest absolute Gasteiger partial charge is 0.435 e. The Labute approximate surface area is 174 Å². The number of nitrogens with zero attached hydrogens (tertiary/aromatic N) is 6. The number of alkyl halides is 3. The molecule has 3 rings (SSSR count). The van der Waals surface area contributed by atoms with E-state index in [9.17, 15) is 28.1 Å². The smallest absolute Gasteiger partial charge is 0.415 e. The Morgan fingerprint density at radius 3 is 2.58 bits per heavy atom. The van der Waals surface area contributed by atoms with Crippen molar-refractivity contribution in [2.45, 2.75) is 25.9 Å². The molecule has 11 nitrogen and oxygen atoms in total. The molecule has 0 radical (unpaired) electrons. The molecular formula is C17H20F3N7O4. The Balaban J connectivity index is 1.85. The summed E-state index contributed by atoms with van der Waals surface area (Å²) in [5.41, 5.74) is -1.77. The van der Waals surface area contributed by atoms with Gasteiger partial charge in [0.15, 0.2) is 5.69 Å². The number of hydrogen-bond acceptors (Lipinski definition) is 8. The number of nitrogens with one attached hydrogen (secondary N) is 1. The van der Waals surface area contributed by atoms with Crippen molar-refractivity contribution in [1.82, 2.24) is 25.1 Å². The fourth-order valence-corrected chi connectivity index (χ4v) is 3.28. The van der Waals surface area contributed by atoms with Gasteiger partial charge in [-0.2, -0.15) is 23.3 Å². The molecular weight excluding hydrogens is 423 g/mol. The van der Waals surface area contributed by atoms with Crippen LogP contribution in [0.4, 0.5) is 24.7 Å². The number of aryl methyl sites for hydroxylation is 1. The molecule has 1 saturated heterocycles. The lowest BCUT2D eigenvalue weighted by molar-refractivity contribution is -0.385. The number of anilines is 1. The zero-order valence-electron chi connectivity index (χ0n) is 16.7. The summed E-state index contributed by atoms with van der Waals surface area (Å²) in [4.78, 5) is 32.4. The molecule has 0 saturated carbocycles. The van der Waals surface area contributed by atoms with Crippen molar-refractivity contribution in [1.29, 1.82) is 0 Å². The Morgan fingerprint density at radius 1 is 1.35 bits per heavy atom. The van der Waals surface area contributed by atoms with Gasteiger partial charge in [-0.3, -0.25) is 14.9 Å². The lowest BCUT2D eigenvalue weighted by atomic mass is 9.96. The average molecular weight is 443 g/mol. The molecule has 31 heavy (non-hydrogen) atoms. The van der Waals surface area contributed by atoms with Crippen molar-refractivity contribution in [2.24, 2.45) is 13.0 Å². The minimum atomic E-state index is -4.70. The normalized spacial score (nSPS) is 15.1. The van der Waals surface area contributed by atoms with Crippen molar-refractivity contribution >= 4 is 17.4 Å². The molecule has 0 spiro atoms. The molecule has 1 N–H and O–H groups in total. The minimum absolute atomic E-state index is 0.0254. The standard InChI is InChI=1S/C17H20F3N7O4/c1-3-21-15(28)10-4-6-26(7-5-10)14-13(27(29)30)16(23-9-22-14)31-12-8-11(17(18,19)20)24-25(12)2/h8-10H,3-7H2,1-2H3,(H,21,28). The molecule has 168 valence electrons. The van der Waals surface area contributed by atoms with Gasteiger partial charge >= 0.3 is 17.7 Å². The first-order valence-corrected chi connectivity index (χ1v) is 9.43. The summed E-state index contributed by atoms with van der Waals surface area (Å²) >= 11 is 0. The van der Waals surface area contributed by atoms with Crippen LogP contribution >= 0.6 is 0 Å². The highest BCUT2D eigenvalue weighted by Crippen LogP contribution is 2.38. The molecule has 0 aromatic carbocycles. The predicted octanol–water partition coefficient (Wildman–Crippen LogP) is 2.28. The topological polar surface area (TPSA) is 128 Å². The van der Waals surface area contributed by atoms with E-state index in [0.29, 0.717) is 38.5 Å². The van der Waals surface area contributed by atoms with Crippen LogP contribution in [-0.2, 0) is 18.0 Å². The molecule has 1 aliphatic heterocycles. The Hall–Kier alpha value is -3.45. The number of aromatic nitrogens is 4. The van der Waals surface area contributed by atoms with E-state index in [1.807, 2.05) is 6.92 Å². The molecule has 0 aliphatic carbocycles. The van der Waals surface area contributed by atoms with Gasteiger partial charge in [-0.1, -0.05) is 0 Å². The van der Waals surface area contributed by atoms with Crippen LogP contribution in [0.1, 0.15) is 25.5 Å². The van der Waals surface area contributed by atoms with E-state index in [-0.39, 0.29) is 23.5 Å². The molecule has 3 heterocycles. The van der Waals surface area contributed by atoms with Gasteiger partial charge in [0.05, 0.1) is 4.92 Å². The molecule has 14 heteroatoms. The first-order valence-electron chi connectivity index (χ1n) is 9.43. The number of ether oxygens (including phenoxy) is 1. The Kier molecular flexibility index (Phi) is 6.27. The van der Waals surface area contributed by atoms with E-state index in [4.69, 9.17) is 4.74 Å². The first kappa shape index (κ1) is 22.2. The zero-order valence-corrected chi connectivity index (χ0v) is 16.7. The van der Waals surface area contributed by atoms with Crippen LogP contribution in [0, 0.1) is 16.0 Å². The summed E-state index contributed by atoms with van der Waals surface area (Å²) in [7, 11) is 1.21.